The molecule has 0 saturated heterocycles. The highest BCUT2D eigenvalue weighted by Crippen LogP contribution is 2.66. The summed E-state index contributed by atoms with van der Waals surface area (Å²) < 4.78 is 0.927. The van der Waals surface area contributed by atoms with Crippen LogP contribution in [0.15, 0.2) is 16.8 Å². The molecule has 4 saturated carbocycles. The lowest BCUT2D eigenvalue weighted by atomic mass is 9.46. The van der Waals surface area contributed by atoms with Crippen molar-refractivity contribution in [2.24, 2.45) is 39.7 Å². The number of likely N-dealkylation sites (N-methyl/N-ethyl adjacent to an activating group) is 1. The Morgan fingerprint density at radius 2 is 1.78 bits per heavy atom. The van der Waals surface area contributed by atoms with E-state index < -0.39 is 0 Å². The Hall–Kier alpha value is -1.73. The average Bonchev–Trinajstić information content (AvgIpc) is 3.57. The maximum absolute atomic E-state index is 13.4. The van der Waals surface area contributed by atoms with Crippen LogP contribution in [0.25, 0.3) is 0 Å². The fraction of sp³-hybridized carbons (Fsp3) is 0.853. The van der Waals surface area contributed by atoms with Gasteiger partial charge in [0.05, 0.1) is 33.4 Å². The second kappa shape index (κ2) is 12.1. The summed E-state index contributed by atoms with van der Waals surface area (Å²) in [6.45, 7) is 10.5. The maximum Gasteiger partial charge on any atom is 0.436 e. The number of hydrogen-bond acceptors (Lipinski definition) is 5. The Morgan fingerprint density at radius 3 is 2.51 bits per heavy atom. The molecule has 0 aromatic heterocycles. The van der Waals surface area contributed by atoms with Gasteiger partial charge >= 0.3 is 6.09 Å². The highest BCUT2D eigenvalue weighted by molar-refractivity contribution is 5.91. The van der Waals surface area contributed by atoms with Crippen molar-refractivity contribution in [3.63, 3.8) is 0 Å². The van der Waals surface area contributed by atoms with E-state index in [9.17, 15) is 9.59 Å². The predicted octanol–water partition coefficient (Wildman–Crippen LogP) is 6.19. The summed E-state index contributed by atoms with van der Waals surface area (Å²) >= 11 is 0. The lowest BCUT2D eigenvalue weighted by Gasteiger charge is -2.58. The van der Waals surface area contributed by atoms with Crippen molar-refractivity contribution in [2.45, 2.75) is 104 Å². The number of fused-ring (bicyclic) bond motifs is 5. The first-order valence-electron chi connectivity index (χ1n) is 16.7. The SMILES string of the molecule is C/C(=N\OC(=O)N(CCNCC[N+](C)(C)C)C1CCCC1)[C@H]1CC[C@H]2[C@@H]3CCC4=CC(=O)CC[C@]4(C)[C@H]3CC[C@]12C. The van der Waals surface area contributed by atoms with E-state index in [0.29, 0.717) is 30.1 Å². The Morgan fingerprint density at radius 1 is 1.02 bits per heavy atom. The Bertz CT molecular complexity index is 1040. The molecule has 7 nitrogen and oxygen atoms in total. The fourth-order valence-electron chi connectivity index (χ4n) is 9.85. The van der Waals surface area contributed by atoms with E-state index in [2.05, 4.69) is 52.4 Å². The second-order valence-electron chi connectivity index (χ2n) is 15.6. The topological polar surface area (TPSA) is 71.0 Å². The first-order valence-corrected chi connectivity index (χ1v) is 16.7. The van der Waals surface area contributed by atoms with Crippen LogP contribution in [0.5, 0.6) is 0 Å². The molecule has 0 aromatic rings. The molecule has 0 bridgehead atoms. The maximum atomic E-state index is 13.4. The van der Waals surface area contributed by atoms with Gasteiger partial charge in [-0.2, -0.15) is 0 Å². The van der Waals surface area contributed by atoms with Crippen LogP contribution in [0.1, 0.15) is 97.8 Å². The van der Waals surface area contributed by atoms with Gasteiger partial charge in [0, 0.05) is 38.0 Å². The first-order chi connectivity index (χ1) is 19.4. The van der Waals surface area contributed by atoms with Gasteiger partial charge in [0.1, 0.15) is 0 Å². The molecule has 0 heterocycles. The van der Waals surface area contributed by atoms with Gasteiger partial charge in [-0.3, -0.25) is 9.63 Å². The zero-order chi connectivity index (χ0) is 29.4. The summed E-state index contributed by atoms with van der Waals surface area (Å²) in [6, 6.07) is 0.267. The largest absolute Gasteiger partial charge is 0.436 e. The van der Waals surface area contributed by atoms with Gasteiger partial charge < -0.3 is 14.7 Å². The molecule has 1 N–H and O–H groups in total. The third-order valence-corrected chi connectivity index (χ3v) is 12.2. The summed E-state index contributed by atoms with van der Waals surface area (Å²) in [6.07, 6.45) is 15.1. The summed E-state index contributed by atoms with van der Waals surface area (Å²) in [7, 11) is 6.60. The van der Waals surface area contributed by atoms with Crippen LogP contribution in [0, 0.1) is 34.5 Å². The van der Waals surface area contributed by atoms with Crippen molar-refractivity contribution in [3.05, 3.63) is 11.6 Å². The Kier molecular flexibility index (Phi) is 9.07. The molecule has 5 aliphatic rings. The molecule has 0 aromatic carbocycles. The minimum Gasteiger partial charge on any atom is -0.330 e. The van der Waals surface area contributed by atoms with Crippen molar-refractivity contribution in [3.8, 4) is 0 Å². The van der Waals surface area contributed by atoms with Crippen molar-refractivity contribution in [1.29, 1.82) is 0 Å². The number of amides is 1. The molecule has 5 rings (SSSR count). The van der Waals surface area contributed by atoms with Gasteiger partial charge in [0.25, 0.3) is 0 Å². The molecule has 230 valence electrons. The zero-order valence-electron chi connectivity index (χ0n) is 26.8. The van der Waals surface area contributed by atoms with Gasteiger partial charge in [0.2, 0.25) is 0 Å². The first kappa shape index (κ1) is 30.7. The summed E-state index contributed by atoms with van der Waals surface area (Å²) in [5.74, 6) is 2.82. The van der Waals surface area contributed by atoms with E-state index >= 15 is 0 Å². The Balaban J connectivity index is 1.21. The third-order valence-electron chi connectivity index (χ3n) is 12.2. The van der Waals surface area contributed by atoms with Crippen molar-refractivity contribution < 1.29 is 18.9 Å². The van der Waals surface area contributed by atoms with Crippen molar-refractivity contribution in [1.82, 2.24) is 10.2 Å². The molecule has 41 heavy (non-hydrogen) atoms. The van der Waals surface area contributed by atoms with Crippen LogP contribution in [0.2, 0.25) is 0 Å². The molecule has 4 fully saturated rings. The molecule has 5 aliphatic carbocycles. The number of oxime groups is 1. The molecule has 1 amide bonds. The van der Waals surface area contributed by atoms with E-state index in [1.807, 2.05) is 11.0 Å². The molecular weight excluding hydrogens is 512 g/mol. The average molecular weight is 570 g/mol. The molecule has 0 aliphatic heterocycles. The van der Waals surface area contributed by atoms with Gasteiger partial charge in [-0.05, 0) is 99.4 Å². The molecule has 7 heteroatoms. The number of hydrogen-bond donors (Lipinski definition) is 1. The minimum atomic E-state index is -0.278. The van der Waals surface area contributed by atoms with Crippen LogP contribution >= 0.6 is 0 Å². The van der Waals surface area contributed by atoms with Crippen LogP contribution in [0.4, 0.5) is 4.79 Å². The van der Waals surface area contributed by atoms with Gasteiger partial charge in [-0.25, -0.2) is 4.79 Å². The second-order valence-corrected chi connectivity index (χ2v) is 15.6. The van der Waals surface area contributed by atoms with Crippen LogP contribution in [-0.2, 0) is 9.63 Å². The van der Waals surface area contributed by atoms with E-state index in [1.54, 1.807) is 0 Å². The van der Waals surface area contributed by atoms with Crippen LogP contribution in [-0.4, -0.2) is 80.3 Å². The smallest absolute Gasteiger partial charge is 0.330 e. The Labute approximate surface area is 249 Å². The standard InChI is InChI=1S/C34H57N4O3/c1-24(36-41-32(40)37(26-9-7-8-10-26)21-19-35-20-22-38(4,5)6)29-13-14-30-28-12-11-25-23-27(39)15-17-33(25,2)31(28)16-18-34(29,30)3/h23,26,28-31,35H,7-22H2,1-6H3/q+1/b36-24+/t28-,29+,30-,31-,33-,34+/m0/s1. The third kappa shape index (κ3) is 6.32. The van der Waals surface area contributed by atoms with Crippen LogP contribution < -0.4 is 5.32 Å². The predicted molar refractivity (Wildman–Crippen MR) is 165 cm³/mol. The number of nitrogens with one attached hydrogen (secondary N) is 1. The number of quaternary nitrogens is 1. The number of carbonyl (C=O) groups excluding carboxylic acids is 2. The minimum absolute atomic E-state index is 0.208. The highest BCUT2D eigenvalue weighted by Gasteiger charge is 2.59. The lowest BCUT2D eigenvalue weighted by Crippen LogP contribution is -2.51. The quantitative estimate of drug-likeness (QED) is 0.118. The van der Waals surface area contributed by atoms with E-state index in [0.717, 1.165) is 74.3 Å². The van der Waals surface area contributed by atoms with Crippen molar-refractivity contribution in [2.75, 3.05) is 47.3 Å². The number of carbonyl (C=O) groups is 2. The fourth-order valence-corrected chi connectivity index (χ4v) is 9.85. The zero-order valence-corrected chi connectivity index (χ0v) is 26.8. The monoisotopic (exact) mass is 569 g/mol. The van der Waals surface area contributed by atoms with E-state index in [-0.39, 0.29) is 23.0 Å². The number of ketones is 1. The van der Waals surface area contributed by atoms with Crippen molar-refractivity contribution >= 4 is 17.6 Å². The lowest BCUT2D eigenvalue weighted by molar-refractivity contribution is -0.869. The molecule has 0 spiro atoms. The summed E-state index contributed by atoms with van der Waals surface area (Å²) in [5.41, 5.74) is 2.86. The number of nitrogens with zero attached hydrogens (tertiary/aromatic N) is 3. The van der Waals surface area contributed by atoms with Gasteiger partial charge in [-0.15, -0.1) is 0 Å². The molecule has 0 radical (unpaired) electrons. The normalized spacial score (nSPS) is 35.9. The number of allylic oxidation sites excluding steroid dienone is 1. The molecule has 6 atom stereocenters. The summed E-state index contributed by atoms with van der Waals surface area (Å²) in [5, 5.41) is 8.08. The van der Waals surface area contributed by atoms with E-state index in [4.69, 9.17) is 4.84 Å². The highest BCUT2D eigenvalue weighted by atomic mass is 16.7. The number of rotatable bonds is 9. The van der Waals surface area contributed by atoms with Gasteiger partial charge in [-0.1, -0.05) is 37.4 Å². The van der Waals surface area contributed by atoms with Gasteiger partial charge in [0.15, 0.2) is 5.78 Å². The molecule has 0 unspecified atom stereocenters. The van der Waals surface area contributed by atoms with Crippen LogP contribution in [0.3, 0.4) is 0 Å². The molecular formula is C34H57N4O3+. The van der Waals surface area contributed by atoms with E-state index in [1.165, 1.54) is 44.1 Å². The summed E-state index contributed by atoms with van der Waals surface area (Å²) in [4.78, 5) is 33.2.